The van der Waals surface area contributed by atoms with Crippen LogP contribution >= 0.6 is 11.6 Å². The van der Waals surface area contributed by atoms with Crippen molar-refractivity contribution in [3.63, 3.8) is 0 Å². The zero-order chi connectivity index (χ0) is 10.1. The number of halogens is 1. The molecule has 1 aromatic heterocycles. The van der Waals surface area contributed by atoms with Gasteiger partial charge < -0.3 is 4.98 Å². The molecule has 68 valence electrons. The lowest BCUT2D eigenvalue weighted by Crippen LogP contribution is -2.03. The summed E-state index contributed by atoms with van der Waals surface area (Å²) in [6.07, 6.45) is 1.44. The predicted molar refractivity (Wildman–Crippen MR) is 54.3 cm³/mol. The average Bonchev–Trinajstić information content (AvgIpc) is 2.23. The highest BCUT2D eigenvalue weighted by Gasteiger charge is 2.03. The lowest BCUT2D eigenvalue weighted by molar-refractivity contribution is 1.38. The van der Waals surface area contributed by atoms with E-state index in [2.05, 4.69) is 4.98 Å². The fourth-order valence-electron chi connectivity index (χ4n) is 1.26. The van der Waals surface area contributed by atoms with Gasteiger partial charge in [0.15, 0.2) is 0 Å². The second kappa shape index (κ2) is 3.17. The SMILES string of the molecule is N#Cc1ccc2[nH]cc(Cl)c(=O)c2c1. The Labute approximate surface area is 84.6 Å². The van der Waals surface area contributed by atoms with Gasteiger partial charge in [-0.3, -0.25) is 4.79 Å². The molecule has 0 fully saturated rings. The van der Waals surface area contributed by atoms with Crippen molar-refractivity contribution in [1.82, 2.24) is 4.98 Å². The van der Waals surface area contributed by atoms with E-state index in [0.717, 1.165) is 0 Å². The van der Waals surface area contributed by atoms with Gasteiger partial charge in [-0.15, -0.1) is 0 Å². The van der Waals surface area contributed by atoms with Crippen LogP contribution in [-0.2, 0) is 0 Å². The molecule has 0 spiro atoms. The number of rotatable bonds is 0. The Kier molecular flexibility index (Phi) is 1.99. The Bertz CT molecular complexity index is 595. The Morgan fingerprint density at radius 3 is 2.93 bits per heavy atom. The van der Waals surface area contributed by atoms with Crippen molar-refractivity contribution >= 4 is 22.5 Å². The summed E-state index contributed by atoms with van der Waals surface area (Å²) in [5, 5.41) is 9.24. The summed E-state index contributed by atoms with van der Waals surface area (Å²) in [7, 11) is 0. The summed E-state index contributed by atoms with van der Waals surface area (Å²) in [5.74, 6) is 0. The number of hydrogen-bond acceptors (Lipinski definition) is 2. The van der Waals surface area contributed by atoms with Crippen LogP contribution in [0.3, 0.4) is 0 Å². The number of hydrogen-bond donors (Lipinski definition) is 1. The maximum absolute atomic E-state index is 11.5. The lowest BCUT2D eigenvalue weighted by atomic mass is 10.1. The molecule has 2 aromatic rings. The van der Waals surface area contributed by atoms with Gasteiger partial charge in [0.25, 0.3) is 0 Å². The van der Waals surface area contributed by atoms with Crippen molar-refractivity contribution in [2.45, 2.75) is 0 Å². The highest BCUT2D eigenvalue weighted by molar-refractivity contribution is 6.31. The molecule has 14 heavy (non-hydrogen) atoms. The van der Waals surface area contributed by atoms with Crippen LogP contribution in [0.15, 0.2) is 29.2 Å². The number of H-pyrrole nitrogens is 1. The summed E-state index contributed by atoms with van der Waals surface area (Å²) < 4.78 is 0. The fourth-order valence-corrected chi connectivity index (χ4v) is 1.42. The Hall–Kier alpha value is -1.79. The molecule has 2 rings (SSSR count). The van der Waals surface area contributed by atoms with Gasteiger partial charge in [0, 0.05) is 17.1 Å². The molecule has 3 nitrogen and oxygen atoms in total. The van der Waals surface area contributed by atoms with Crippen LogP contribution in [0.4, 0.5) is 0 Å². The molecule has 1 aromatic carbocycles. The number of aromatic amines is 1. The van der Waals surface area contributed by atoms with E-state index in [-0.39, 0.29) is 10.5 Å². The van der Waals surface area contributed by atoms with E-state index in [1.807, 2.05) is 6.07 Å². The van der Waals surface area contributed by atoms with E-state index in [1.54, 1.807) is 12.1 Å². The first-order valence-electron chi connectivity index (χ1n) is 3.93. The molecule has 1 N–H and O–H groups in total. The van der Waals surface area contributed by atoms with Gasteiger partial charge in [-0.25, -0.2) is 0 Å². The quantitative estimate of drug-likeness (QED) is 0.714. The second-order valence-corrected chi connectivity index (χ2v) is 3.25. The third-order valence-corrected chi connectivity index (χ3v) is 2.25. The number of pyridine rings is 1. The summed E-state index contributed by atoms with van der Waals surface area (Å²) in [6.45, 7) is 0. The molecule has 0 saturated carbocycles. The summed E-state index contributed by atoms with van der Waals surface area (Å²) in [6, 6.07) is 6.83. The molecule has 0 atom stereocenters. The van der Waals surface area contributed by atoms with Crippen molar-refractivity contribution in [3.8, 4) is 6.07 Å². The normalized spacial score (nSPS) is 10.0. The maximum Gasteiger partial charge on any atom is 0.207 e. The van der Waals surface area contributed by atoms with E-state index >= 15 is 0 Å². The van der Waals surface area contributed by atoms with Crippen LogP contribution in [-0.4, -0.2) is 4.98 Å². The van der Waals surface area contributed by atoms with Gasteiger partial charge in [-0.2, -0.15) is 5.26 Å². The van der Waals surface area contributed by atoms with Crippen LogP contribution < -0.4 is 5.43 Å². The highest BCUT2D eigenvalue weighted by atomic mass is 35.5. The molecule has 0 aliphatic rings. The summed E-state index contributed by atoms with van der Waals surface area (Å²) in [4.78, 5) is 14.4. The molecule has 1 heterocycles. The number of aromatic nitrogens is 1. The third-order valence-electron chi connectivity index (χ3n) is 1.96. The minimum absolute atomic E-state index is 0.132. The van der Waals surface area contributed by atoms with Crippen molar-refractivity contribution in [2.24, 2.45) is 0 Å². The Morgan fingerprint density at radius 2 is 2.21 bits per heavy atom. The third kappa shape index (κ3) is 1.26. The Balaban J connectivity index is 2.93. The van der Waals surface area contributed by atoms with Crippen molar-refractivity contribution in [1.29, 1.82) is 5.26 Å². The molecule has 0 unspecified atom stereocenters. The number of benzene rings is 1. The monoisotopic (exact) mass is 204 g/mol. The molecule has 0 saturated heterocycles. The minimum Gasteiger partial charge on any atom is -0.360 e. The molecule has 0 radical (unpaired) electrons. The van der Waals surface area contributed by atoms with Crippen molar-refractivity contribution in [2.75, 3.05) is 0 Å². The van der Waals surface area contributed by atoms with Gasteiger partial charge >= 0.3 is 0 Å². The standard InChI is InChI=1S/C10H5ClN2O/c11-8-5-13-9-2-1-6(4-12)3-7(9)10(8)14/h1-3,5H,(H,13,14). The first-order valence-corrected chi connectivity index (χ1v) is 4.31. The summed E-state index contributed by atoms with van der Waals surface area (Å²) >= 11 is 5.66. The largest absolute Gasteiger partial charge is 0.360 e. The number of nitrogens with one attached hydrogen (secondary N) is 1. The van der Waals surface area contributed by atoms with Crippen LogP contribution in [0, 0.1) is 11.3 Å². The molecule has 0 aliphatic heterocycles. The van der Waals surface area contributed by atoms with Crippen molar-refractivity contribution < 1.29 is 0 Å². The van der Waals surface area contributed by atoms with Crippen LogP contribution in [0.25, 0.3) is 10.9 Å². The first-order chi connectivity index (χ1) is 6.72. The van der Waals surface area contributed by atoms with E-state index < -0.39 is 0 Å². The smallest absolute Gasteiger partial charge is 0.207 e. The number of nitrogens with zero attached hydrogens (tertiary/aromatic N) is 1. The van der Waals surface area contributed by atoms with Gasteiger partial charge in [0.05, 0.1) is 11.6 Å². The maximum atomic E-state index is 11.5. The fraction of sp³-hybridized carbons (Fsp3) is 0. The molecular weight excluding hydrogens is 200 g/mol. The molecule has 0 aliphatic carbocycles. The first kappa shape index (κ1) is 8.79. The topological polar surface area (TPSA) is 56.6 Å². The predicted octanol–water partition coefficient (Wildman–Crippen LogP) is 2.05. The van der Waals surface area contributed by atoms with Crippen LogP contribution in [0.1, 0.15) is 5.56 Å². The van der Waals surface area contributed by atoms with Crippen LogP contribution in [0.5, 0.6) is 0 Å². The van der Waals surface area contributed by atoms with Gasteiger partial charge in [-0.05, 0) is 18.2 Å². The summed E-state index contributed by atoms with van der Waals surface area (Å²) in [5.41, 5.74) is 0.876. The van der Waals surface area contributed by atoms with E-state index in [1.165, 1.54) is 12.3 Å². The van der Waals surface area contributed by atoms with Gasteiger partial charge in [0.2, 0.25) is 5.43 Å². The number of fused-ring (bicyclic) bond motifs is 1. The van der Waals surface area contributed by atoms with Crippen LogP contribution in [0.2, 0.25) is 5.02 Å². The highest BCUT2D eigenvalue weighted by Crippen LogP contribution is 2.12. The molecule has 4 heteroatoms. The molecule has 0 bridgehead atoms. The van der Waals surface area contributed by atoms with E-state index in [0.29, 0.717) is 16.5 Å². The minimum atomic E-state index is -0.252. The van der Waals surface area contributed by atoms with Gasteiger partial charge in [-0.1, -0.05) is 11.6 Å². The lowest BCUT2D eigenvalue weighted by Gasteiger charge is -1.97. The van der Waals surface area contributed by atoms with E-state index in [9.17, 15) is 4.79 Å². The van der Waals surface area contributed by atoms with E-state index in [4.69, 9.17) is 16.9 Å². The van der Waals surface area contributed by atoms with Crippen molar-refractivity contribution in [3.05, 3.63) is 45.2 Å². The molecule has 0 amide bonds. The second-order valence-electron chi connectivity index (χ2n) is 2.84. The zero-order valence-electron chi connectivity index (χ0n) is 7.04. The average molecular weight is 205 g/mol. The molecular formula is C10H5ClN2O. The zero-order valence-corrected chi connectivity index (χ0v) is 7.80. The van der Waals surface area contributed by atoms with Gasteiger partial charge in [0.1, 0.15) is 5.02 Å². The Morgan fingerprint density at radius 1 is 1.43 bits per heavy atom. The number of nitriles is 1.